The normalized spacial score (nSPS) is 21.0. The number of benzene rings is 2. The number of aromatic nitrogens is 1. The number of nitrogens with zero attached hydrogens (tertiary/aromatic N) is 3. The van der Waals surface area contributed by atoms with E-state index in [0.29, 0.717) is 40.3 Å². The molecule has 2 aromatic carbocycles. The van der Waals surface area contributed by atoms with Crippen LogP contribution in [0.25, 0.3) is 10.2 Å². The Morgan fingerprint density at radius 3 is 2.39 bits per heavy atom. The van der Waals surface area contributed by atoms with Gasteiger partial charge in [0.25, 0.3) is 5.91 Å². The van der Waals surface area contributed by atoms with Crippen LogP contribution in [-0.2, 0) is 17.1 Å². The fraction of sp³-hybridized carbons (Fsp3) is 0.364. The SMILES string of the molecule is C[C@H]1C[C@H](C)CN(S(=O)(=O)c2ccc(C(=O)N=c3sc4cc(Cl)ccc4n3C)cc2)C1. The number of thiazole rings is 1. The quantitative estimate of drug-likeness (QED) is 0.564. The summed E-state index contributed by atoms with van der Waals surface area (Å²) in [6.45, 7) is 5.19. The molecule has 0 aliphatic carbocycles. The van der Waals surface area contributed by atoms with Gasteiger partial charge in [0, 0.05) is 30.7 Å². The van der Waals surface area contributed by atoms with E-state index in [1.807, 2.05) is 23.7 Å². The number of sulfonamides is 1. The van der Waals surface area contributed by atoms with Crippen LogP contribution in [-0.4, -0.2) is 36.3 Å². The standard InChI is InChI=1S/C22H24ClN3O3S2/c1-14-10-15(2)13-26(12-14)31(28,29)18-7-4-16(5-8-18)21(27)24-22-25(3)19-9-6-17(23)11-20(19)30-22/h4-9,11,14-15H,10,12-13H2,1-3H3/t14-,15-/m0/s1. The van der Waals surface area contributed by atoms with E-state index >= 15 is 0 Å². The molecule has 31 heavy (non-hydrogen) atoms. The summed E-state index contributed by atoms with van der Waals surface area (Å²) in [5, 5.41) is 0.626. The first-order valence-corrected chi connectivity index (χ1v) is 12.7. The molecule has 1 aromatic heterocycles. The number of rotatable bonds is 3. The van der Waals surface area contributed by atoms with E-state index in [1.165, 1.54) is 35.6 Å². The lowest BCUT2D eigenvalue weighted by atomic mass is 9.94. The minimum absolute atomic E-state index is 0.201. The van der Waals surface area contributed by atoms with Crippen LogP contribution < -0.4 is 4.80 Å². The summed E-state index contributed by atoms with van der Waals surface area (Å²) in [5.74, 6) is 0.239. The second-order valence-electron chi connectivity index (χ2n) is 8.27. The van der Waals surface area contributed by atoms with Crippen LogP contribution in [0.5, 0.6) is 0 Å². The Morgan fingerprint density at radius 2 is 1.74 bits per heavy atom. The van der Waals surface area contributed by atoms with Gasteiger partial charge in [0.05, 0.1) is 15.1 Å². The topological polar surface area (TPSA) is 71.7 Å². The van der Waals surface area contributed by atoms with Gasteiger partial charge in [-0.1, -0.05) is 36.8 Å². The molecule has 6 nitrogen and oxygen atoms in total. The first-order valence-electron chi connectivity index (χ1n) is 10.1. The summed E-state index contributed by atoms with van der Waals surface area (Å²) in [5.41, 5.74) is 1.28. The number of carbonyl (C=O) groups is 1. The van der Waals surface area contributed by atoms with Crippen molar-refractivity contribution < 1.29 is 13.2 Å². The van der Waals surface area contributed by atoms with E-state index < -0.39 is 15.9 Å². The van der Waals surface area contributed by atoms with E-state index in [0.717, 1.165) is 16.6 Å². The Kier molecular flexibility index (Phi) is 6.09. The van der Waals surface area contributed by atoms with Crippen molar-refractivity contribution in [1.29, 1.82) is 0 Å². The van der Waals surface area contributed by atoms with Crippen molar-refractivity contribution in [3.8, 4) is 0 Å². The Hall–Kier alpha value is -2.00. The number of hydrogen-bond donors (Lipinski definition) is 0. The van der Waals surface area contributed by atoms with Crippen molar-refractivity contribution in [2.75, 3.05) is 13.1 Å². The van der Waals surface area contributed by atoms with E-state index in [1.54, 1.807) is 10.4 Å². The Balaban J connectivity index is 1.60. The lowest BCUT2D eigenvalue weighted by molar-refractivity contribution is 0.0998. The first kappa shape index (κ1) is 22.2. The van der Waals surface area contributed by atoms with Crippen LogP contribution >= 0.6 is 22.9 Å². The lowest BCUT2D eigenvalue weighted by Gasteiger charge is -2.34. The van der Waals surface area contributed by atoms with Gasteiger partial charge >= 0.3 is 0 Å². The van der Waals surface area contributed by atoms with E-state index in [-0.39, 0.29) is 4.90 Å². The molecule has 9 heteroatoms. The molecule has 1 fully saturated rings. The van der Waals surface area contributed by atoms with E-state index in [2.05, 4.69) is 18.8 Å². The van der Waals surface area contributed by atoms with Gasteiger partial charge in [-0.3, -0.25) is 4.79 Å². The van der Waals surface area contributed by atoms with E-state index in [4.69, 9.17) is 11.6 Å². The highest BCUT2D eigenvalue weighted by Gasteiger charge is 2.31. The highest BCUT2D eigenvalue weighted by atomic mass is 35.5. The first-order chi connectivity index (χ1) is 14.6. The molecule has 0 unspecified atom stereocenters. The number of aryl methyl sites for hydroxylation is 1. The van der Waals surface area contributed by atoms with Crippen molar-refractivity contribution in [3.63, 3.8) is 0 Å². The molecule has 3 aromatic rings. The van der Waals surface area contributed by atoms with Crippen LogP contribution in [0.4, 0.5) is 0 Å². The van der Waals surface area contributed by atoms with Crippen LogP contribution in [0.3, 0.4) is 0 Å². The predicted molar refractivity (Wildman–Crippen MR) is 124 cm³/mol. The van der Waals surface area contributed by atoms with Gasteiger partial charge in [0.2, 0.25) is 10.0 Å². The largest absolute Gasteiger partial charge is 0.319 e. The minimum Gasteiger partial charge on any atom is -0.319 e. The zero-order valence-corrected chi connectivity index (χ0v) is 20.0. The third-order valence-electron chi connectivity index (χ3n) is 5.54. The van der Waals surface area contributed by atoms with Crippen molar-refractivity contribution in [3.05, 3.63) is 57.9 Å². The molecule has 0 radical (unpaired) electrons. The van der Waals surface area contributed by atoms with Gasteiger partial charge in [-0.2, -0.15) is 9.30 Å². The van der Waals surface area contributed by atoms with Gasteiger partial charge in [-0.25, -0.2) is 8.42 Å². The molecule has 4 rings (SSSR count). The van der Waals surface area contributed by atoms with Crippen molar-refractivity contribution >= 4 is 49.1 Å². The molecule has 1 aliphatic rings. The summed E-state index contributed by atoms with van der Waals surface area (Å²) < 4.78 is 30.4. The predicted octanol–water partition coefficient (Wildman–Crippen LogP) is 4.30. The maximum Gasteiger partial charge on any atom is 0.279 e. The average molecular weight is 478 g/mol. The smallest absolute Gasteiger partial charge is 0.279 e. The summed E-state index contributed by atoms with van der Waals surface area (Å²) in [4.78, 5) is 17.7. The Labute approximate surface area is 190 Å². The molecule has 0 N–H and O–H groups in total. The maximum atomic E-state index is 13.0. The highest BCUT2D eigenvalue weighted by Crippen LogP contribution is 2.27. The fourth-order valence-electron chi connectivity index (χ4n) is 4.09. The monoisotopic (exact) mass is 477 g/mol. The minimum atomic E-state index is -3.58. The molecule has 0 saturated carbocycles. The number of amides is 1. The molecular weight excluding hydrogens is 454 g/mol. The summed E-state index contributed by atoms with van der Waals surface area (Å²) in [7, 11) is -1.74. The Morgan fingerprint density at radius 1 is 1.10 bits per heavy atom. The van der Waals surface area contributed by atoms with Crippen LogP contribution in [0.2, 0.25) is 5.02 Å². The molecular formula is C22H24ClN3O3S2. The summed E-state index contributed by atoms with van der Waals surface area (Å²) in [6, 6.07) is 11.6. The average Bonchev–Trinajstić information content (AvgIpc) is 3.01. The molecule has 0 spiro atoms. The van der Waals surface area contributed by atoms with Crippen LogP contribution in [0.1, 0.15) is 30.6 Å². The second kappa shape index (κ2) is 8.50. The van der Waals surface area contributed by atoms with Gasteiger partial charge in [0.15, 0.2) is 4.80 Å². The molecule has 164 valence electrons. The van der Waals surface area contributed by atoms with Gasteiger partial charge in [-0.15, -0.1) is 0 Å². The maximum absolute atomic E-state index is 13.0. The summed E-state index contributed by atoms with van der Waals surface area (Å²) >= 11 is 7.43. The van der Waals surface area contributed by atoms with Crippen molar-refractivity contribution in [1.82, 2.24) is 8.87 Å². The zero-order chi connectivity index (χ0) is 22.3. The fourth-order valence-corrected chi connectivity index (χ4v) is 7.06. The van der Waals surface area contributed by atoms with Crippen LogP contribution in [0, 0.1) is 11.8 Å². The lowest BCUT2D eigenvalue weighted by Crippen LogP contribution is -2.42. The molecule has 2 atom stereocenters. The van der Waals surface area contributed by atoms with E-state index in [9.17, 15) is 13.2 Å². The molecule has 2 heterocycles. The van der Waals surface area contributed by atoms with Gasteiger partial charge in [0.1, 0.15) is 0 Å². The van der Waals surface area contributed by atoms with Crippen molar-refractivity contribution in [2.24, 2.45) is 23.9 Å². The molecule has 0 bridgehead atoms. The van der Waals surface area contributed by atoms with Crippen molar-refractivity contribution in [2.45, 2.75) is 25.2 Å². The van der Waals surface area contributed by atoms with Gasteiger partial charge < -0.3 is 4.57 Å². The summed E-state index contributed by atoms with van der Waals surface area (Å²) in [6.07, 6.45) is 1.03. The molecule has 1 amide bonds. The number of fused-ring (bicyclic) bond motifs is 1. The third kappa shape index (κ3) is 4.48. The second-order valence-corrected chi connectivity index (χ2v) is 11.6. The van der Waals surface area contributed by atoms with Gasteiger partial charge in [-0.05, 0) is 60.7 Å². The number of carbonyl (C=O) groups excluding carboxylic acids is 1. The number of hydrogen-bond acceptors (Lipinski definition) is 4. The highest BCUT2D eigenvalue weighted by molar-refractivity contribution is 7.89. The Bertz CT molecular complexity index is 1300. The van der Waals surface area contributed by atoms with Crippen LogP contribution in [0.15, 0.2) is 52.4 Å². The third-order valence-corrected chi connectivity index (χ3v) is 8.72. The number of halogens is 1. The number of piperidine rings is 1. The zero-order valence-electron chi connectivity index (χ0n) is 17.6. The molecule has 1 aliphatic heterocycles. The molecule has 1 saturated heterocycles.